The lowest BCUT2D eigenvalue weighted by molar-refractivity contribution is -0.147. The number of fused-ring (bicyclic) bond motifs is 1. The second-order valence-electron chi connectivity index (χ2n) is 21.5. The van der Waals surface area contributed by atoms with Gasteiger partial charge in [-0.1, -0.05) is 75.2 Å². The van der Waals surface area contributed by atoms with Crippen molar-refractivity contribution in [1.82, 2.24) is 15.1 Å². The van der Waals surface area contributed by atoms with Crippen LogP contribution in [0.4, 0.5) is 0 Å². The molecule has 2 heterocycles. The molecule has 53 heavy (non-hydrogen) atoms. The van der Waals surface area contributed by atoms with Crippen LogP contribution < -0.4 is 5.32 Å². The molecule has 9 heteroatoms. The fourth-order valence-corrected chi connectivity index (χ4v) is 10.8. The molecule has 2 spiro atoms. The Labute approximate surface area is 319 Å². The summed E-state index contributed by atoms with van der Waals surface area (Å²) in [5.74, 6) is -2.55. The summed E-state index contributed by atoms with van der Waals surface area (Å²) in [6.45, 7) is 25.9. The Morgan fingerprint density at radius 1 is 0.811 bits per heavy atom. The van der Waals surface area contributed by atoms with Crippen molar-refractivity contribution < 1.29 is 28.8 Å². The molecular weight excluding hydrogens is 666 g/mol. The van der Waals surface area contributed by atoms with Crippen LogP contribution in [0.1, 0.15) is 160 Å². The zero-order chi connectivity index (χ0) is 39.7. The molecule has 5 rings (SSSR count). The maximum absolute atomic E-state index is 15.1. The Hall–Kier alpha value is -2.42. The molecule has 0 aromatic rings. The summed E-state index contributed by atoms with van der Waals surface area (Å²) in [5.41, 5.74) is -1.52. The van der Waals surface area contributed by atoms with Gasteiger partial charge in [-0.3, -0.25) is 33.7 Å². The van der Waals surface area contributed by atoms with Crippen LogP contribution in [0.3, 0.4) is 0 Å². The fourth-order valence-electron chi connectivity index (χ4n) is 10.8. The Bertz CT molecular complexity index is 1480. The highest BCUT2D eigenvalue weighted by Gasteiger charge is 2.85. The minimum absolute atomic E-state index is 0.0367. The Kier molecular flexibility index (Phi) is 11.2. The number of hydrogen-bond donors (Lipinski definition) is 1. The van der Waals surface area contributed by atoms with Crippen LogP contribution in [0.25, 0.3) is 0 Å². The predicted molar refractivity (Wildman–Crippen MR) is 207 cm³/mol. The van der Waals surface area contributed by atoms with Gasteiger partial charge in [-0.2, -0.15) is 0 Å². The number of ketones is 4. The first kappa shape index (κ1) is 41.7. The fraction of sp³-hybridized carbons (Fsp3) is 0.864. The summed E-state index contributed by atoms with van der Waals surface area (Å²) in [6, 6.07) is -1.78. The highest BCUT2D eigenvalue weighted by molar-refractivity contribution is 6.38. The highest BCUT2D eigenvalue weighted by Crippen LogP contribution is 2.88. The molecule has 9 nitrogen and oxygen atoms in total. The zero-order valence-electron chi connectivity index (χ0n) is 35.2. The minimum atomic E-state index is -0.785. The lowest BCUT2D eigenvalue weighted by Gasteiger charge is -2.49. The van der Waals surface area contributed by atoms with Crippen LogP contribution in [0.5, 0.6) is 0 Å². The van der Waals surface area contributed by atoms with Crippen molar-refractivity contribution in [3.63, 3.8) is 0 Å². The van der Waals surface area contributed by atoms with E-state index in [0.717, 1.165) is 45.1 Å². The number of rotatable bonds is 15. The van der Waals surface area contributed by atoms with Crippen LogP contribution in [-0.4, -0.2) is 81.5 Å². The van der Waals surface area contributed by atoms with E-state index < -0.39 is 40.5 Å². The van der Waals surface area contributed by atoms with Gasteiger partial charge < -0.3 is 10.2 Å². The standard InChI is InChI=1S/C44H71N3O6/c1-13-15-28(35(51)33(49)22-27-16-17-27)23-32(48)31-25-44(42(11,12)43(44)19-14-20-43)26-46(31)38(53)29(39(2,3)4)24-34(50)36(40(5,6)7)45-37(52)30-18-21-47(30)41(8,9)10/h27-31,36H,13-26H2,1-12H3,(H,45,52)/t28-,29-,30?,31+,36-,44-/m1/s1. The van der Waals surface area contributed by atoms with E-state index >= 15 is 4.79 Å². The molecule has 0 aromatic carbocycles. The van der Waals surface area contributed by atoms with Gasteiger partial charge in [0.25, 0.3) is 0 Å². The van der Waals surface area contributed by atoms with E-state index in [-0.39, 0.29) is 76.3 Å². The molecular formula is C44H71N3O6. The largest absolute Gasteiger partial charge is 0.344 e. The summed E-state index contributed by atoms with van der Waals surface area (Å²) < 4.78 is 0. The molecule has 0 bridgehead atoms. The number of likely N-dealkylation sites (tertiary alicyclic amines) is 2. The average Bonchev–Trinajstić information content (AvgIpc) is 3.80. The van der Waals surface area contributed by atoms with Gasteiger partial charge >= 0.3 is 0 Å². The van der Waals surface area contributed by atoms with Crippen molar-refractivity contribution in [2.45, 2.75) is 184 Å². The maximum atomic E-state index is 15.1. The Morgan fingerprint density at radius 3 is 1.87 bits per heavy atom. The van der Waals surface area contributed by atoms with Crippen LogP contribution in [0.15, 0.2) is 0 Å². The molecule has 3 saturated carbocycles. The van der Waals surface area contributed by atoms with Crippen molar-refractivity contribution in [3.05, 3.63) is 0 Å². The van der Waals surface area contributed by atoms with Crippen LogP contribution >= 0.6 is 0 Å². The van der Waals surface area contributed by atoms with Crippen molar-refractivity contribution in [2.24, 2.45) is 44.8 Å². The van der Waals surface area contributed by atoms with Crippen LogP contribution in [-0.2, 0) is 28.8 Å². The van der Waals surface area contributed by atoms with Gasteiger partial charge in [0.15, 0.2) is 17.3 Å². The van der Waals surface area contributed by atoms with Crippen LogP contribution in [0, 0.1) is 44.8 Å². The molecule has 1 unspecified atom stereocenters. The smallest absolute Gasteiger partial charge is 0.238 e. The molecule has 1 N–H and O–H groups in total. The molecule has 5 aliphatic rings. The van der Waals surface area contributed by atoms with E-state index in [1.807, 2.05) is 48.5 Å². The molecule has 0 aromatic heterocycles. The third-order valence-corrected chi connectivity index (χ3v) is 14.8. The second kappa shape index (κ2) is 14.3. The first-order valence-electron chi connectivity index (χ1n) is 20.8. The summed E-state index contributed by atoms with van der Waals surface area (Å²) in [4.78, 5) is 88.0. The summed E-state index contributed by atoms with van der Waals surface area (Å²) >= 11 is 0. The van der Waals surface area contributed by atoms with E-state index in [1.165, 1.54) is 0 Å². The molecule has 2 saturated heterocycles. The molecule has 5 fully saturated rings. The maximum Gasteiger partial charge on any atom is 0.238 e. The molecule has 3 aliphatic carbocycles. The second-order valence-corrected chi connectivity index (χ2v) is 21.5. The van der Waals surface area contributed by atoms with Crippen molar-refractivity contribution in [3.8, 4) is 0 Å². The van der Waals surface area contributed by atoms with E-state index in [0.29, 0.717) is 31.7 Å². The third-order valence-electron chi connectivity index (χ3n) is 14.8. The lowest BCUT2D eigenvalue weighted by Crippen LogP contribution is -2.64. The quantitative estimate of drug-likeness (QED) is 0.178. The van der Waals surface area contributed by atoms with E-state index in [4.69, 9.17) is 0 Å². The normalized spacial score (nSPS) is 28.1. The molecule has 298 valence electrons. The number of nitrogens with zero attached hydrogens (tertiary/aromatic N) is 2. The lowest BCUT2D eigenvalue weighted by atomic mass is 9.73. The van der Waals surface area contributed by atoms with E-state index in [1.54, 1.807) is 4.90 Å². The minimum Gasteiger partial charge on any atom is -0.344 e. The predicted octanol–water partition coefficient (Wildman–Crippen LogP) is 7.12. The van der Waals surface area contributed by atoms with Gasteiger partial charge in [0.2, 0.25) is 17.6 Å². The Morgan fingerprint density at radius 2 is 1.43 bits per heavy atom. The number of nitrogens with one attached hydrogen (secondary N) is 1. The molecule has 2 amide bonds. The highest BCUT2D eigenvalue weighted by atomic mass is 16.2. The van der Waals surface area contributed by atoms with Gasteiger partial charge in [0, 0.05) is 55.1 Å². The number of amides is 2. The summed E-state index contributed by atoms with van der Waals surface area (Å²) in [6.07, 6.45) is 7.89. The van der Waals surface area contributed by atoms with E-state index in [2.05, 4.69) is 44.8 Å². The van der Waals surface area contributed by atoms with Crippen LogP contribution in [0.2, 0.25) is 0 Å². The first-order valence-corrected chi connectivity index (χ1v) is 20.8. The molecule has 2 aliphatic heterocycles. The zero-order valence-corrected chi connectivity index (χ0v) is 35.2. The van der Waals surface area contributed by atoms with Gasteiger partial charge in [0.1, 0.15) is 0 Å². The van der Waals surface area contributed by atoms with Crippen molar-refractivity contribution >= 4 is 34.9 Å². The summed E-state index contributed by atoms with van der Waals surface area (Å²) in [7, 11) is 0. The summed E-state index contributed by atoms with van der Waals surface area (Å²) in [5, 5.41) is 3.11. The number of carbonyl (C=O) groups is 6. The van der Waals surface area contributed by atoms with Gasteiger partial charge in [-0.15, -0.1) is 0 Å². The van der Waals surface area contributed by atoms with Gasteiger partial charge in [-0.05, 0) is 93.3 Å². The Balaban J connectivity index is 1.40. The number of carbonyl (C=O) groups excluding carboxylic acids is 6. The van der Waals surface area contributed by atoms with Gasteiger partial charge in [0.05, 0.1) is 18.1 Å². The average molecular weight is 738 g/mol. The topological polar surface area (TPSA) is 121 Å². The number of hydrogen-bond acceptors (Lipinski definition) is 7. The monoisotopic (exact) mass is 738 g/mol. The van der Waals surface area contributed by atoms with Crippen molar-refractivity contribution in [1.29, 1.82) is 0 Å². The van der Waals surface area contributed by atoms with E-state index in [9.17, 15) is 24.0 Å². The van der Waals surface area contributed by atoms with Gasteiger partial charge in [-0.25, -0.2) is 0 Å². The third kappa shape index (κ3) is 7.59. The van der Waals surface area contributed by atoms with Crippen molar-refractivity contribution in [2.75, 3.05) is 13.1 Å². The molecule has 6 atom stereocenters. The SMILES string of the molecule is CCC[C@H](CC(=O)[C@@H]1C[C@@]2(CN1C(=O)[C@@H](CC(=O)[C@@H](NC(=O)C1CCN1C(C)(C)C)C(C)(C)C)C(C)(C)C)C(C)(C)C21CCC1)C(=O)C(=O)CC1CC1. The molecule has 0 radical (unpaired) electrons. The number of Topliss-reactive ketones (excluding diaryl/α,β-unsaturated/α-hetero) is 4. The first-order chi connectivity index (χ1) is 24.3.